The summed E-state index contributed by atoms with van der Waals surface area (Å²) < 4.78 is 10.5. The molecule has 0 atom stereocenters. The molecule has 0 unspecified atom stereocenters. The van der Waals surface area contributed by atoms with Gasteiger partial charge in [0.2, 0.25) is 0 Å². The van der Waals surface area contributed by atoms with Crippen molar-refractivity contribution in [1.82, 2.24) is 4.98 Å². The highest BCUT2D eigenvalue weighted by molar-refractivity contribution is 7.13. The van der Waals surface area contributed by atoms with E-state index in [0.29, 0.717) is 22.9 Å². The van der Waals surface area contributed by atoms with Gasteiger partial charge in [-0.15, -0.1) is 11.3 Å². The van der Waals surface area contributed by atoms with E-state index in [1.165, 1.54) is 0 Å². The second kappa shape index (κ2) is 9.32. The van der Waals surface area contributed by atoms with Crippen LogP contribution in [0.25, 0.3) is 21.8 Å². The number of aromatic nitrogens is 1. The molecule has 0 aliphatic heterocycles. The lowest BCUT2D eigenvalue weighted by Crippen LogP contribution is -2.19. The number of hydrogen-bond donors (Lipinski definition) is 2. The zero-order chi connectivity index (χ0) is 21.6. The third-order valence-electron chi connectivity index (χ3n) is 4.57. The fourth-order valence-electron chi connectivity index (χ4n) is 3.02. The lowest BCUT2D eigenvalue weighted by Gasteiger charge is -2.11. The predicted molar refractivity (Wildman–Crippen MR) is 125 cm³/mol. The summed E-state index contributed by atoms with van der Waals surface area (Å²) in [5, 5.41) is 8.63. The number of amides is 2. The Morgan fingerprint density at radius 1 is 0.806 bits per heavy atom. The van der Waals surface area contributed by atoms with Crippen LogP contribution < -0.4 is 20.1 Å². The lowest BCUT2D eigenvalue weighted by atomic mass is 10.1. The van der Waals surface area contributed by atoms with Crippen LogP contribution in [0.1, 0.15) is 0 Å². The zero-order valence-electron chi connectivity index (χ0n) is 17.1. The van der Waals surface area contributed by atoms with Crippen molar-refractivity contribution in [2.75, 3.05) is 24.9 Å². The van der Waals surface area contributed by atoms with Gasteiger partial charge < -0.3 is 20.1 Å². The maximum absolute atomic E-state index is 12.4. The number of nitrogens with zero attached hydrogens (tertiary/aromatic N) is 1. The van der Waals surface area contributed by atoms with Gasteiger partial charge in [-0.25, -0.2) is 9.78 Å². The van der Waals surface area contributed by atoms with Gasteiger partial charge >= 0.3 is 6.03 Å². The quantitative estimate of drug-likeness (QED) is 0.385. The third-order valence-corrected chi connectivity index (χ3v) is 5.46. The number of thiazole rings is 1. The maximum atomic E-state index is 12.4. The topological polar surface area (TPSA) is 72.5 Å². The summed E-state index contributed by atoms with van der Waals surface area (Å²) in [5.74, 6) is 1.19. The van der Waals surface area contributed by atoms with E-state index in [9.17, 15) is 4.79 Å². The molecule has 0 fully saturated rings. The van der Waals surface area contributed by atoms with Crippen molar-refractivity contribution in [3.8, 4) is 33.3 Å². The minimum atomic E-state index is -0.358. The number of nitrogens with one attached hydrogen (secondary N) is 2. The predicted octanol–water partition coefficient (Wildman–Crippen LogP) is 6.14. The van der Waals surface area contributed by atoms with Crippen LogP contribution in [0.3, 0.4) is 0 Å². The fraction of sp³-hybridized carbons (Fsp3) is 0.0833. The molecule has 0 radical (unpaired) electrons. The summed E-state index contributed by atoms with van der Waals surface area (Å²) >= 11 is 1.61. The molecule has 2 amide bonds. The molecule has 0 saturated heterocycles. The van der Waals surface area contributed by atoms with E-state index >= 15 is 0 Å². The fourth-order valence-corrected chi connectivity index (χ4v) is 3.85. The smallest absolute Gasteiger partial charge is 0.323 e. The number of ether oxygens (including phenoxy) is 2. The second-order valence-corrected chi connectivity index (χ2v) is 7.52. The minimum Gasteiger partial charge on any atom is -0.497 e. The number of anilines is 2. The first-order valence-corrected chi connectivity index (χ1v) is 10.4. The van der Waals surface area contributed by atoms with E-state index in [2.05, 4.69) is 10.6 Å². The van der Waals surface area contributed by atoms with Gasteiger partial charge in [0.25, 0.3) is 0 Å². The number of methoxy groups -OCH3 is 2. The number of hydrogen-bond acceptors (Lipinski definition) is 5. The van der Waals surface area contributed by atoms with Crippen LogP contribution in [0.4, 0.5) is 16.2 Å². The summed E-state index contributed by atoms with van der Waals surface area (Å²) in [6.07, 6.45) is 0. The van der Waals surface area contributed by atoms with Crippen molar-refractivity contribution in [2.24, 2.45) is 0 Å². The van der Waals surface area contributed by atoms with Crippen molar-refractivity contribution >= 4 is 28.7 Å². The third kappa shape index (κ3) is 5.02. The Morgan fingerprint density at radius 3 is 2.10 bits per heavy atom. The van der Waals surface area contributed by atoms with Gasteiger partial charge in [0.05, 0.1) is 19.9 Å². The molecule has 3 aromatic carbocycles. The Bertz CT molecular complexity index is 1150. The normalized spacial score (nSPS) is 10.4. The lowest BCUT2D eigenvalue weighted by molar-refractivity contribution is 0.262. The molecule has 0 saturated carbocycles. The largest absolute Gasteiger partial charge is 0.497 e. The molecular formula is C24H21N3O3S. The summed E-state index contributed by atoms with van der Waals surface area (Å²) in [7, 11) is 3.12. The van der Waals surface area contributed by atoms with Crippen LogP contribution in [-0.4, -0.2) is 25.2 Å². The number of urea groups is 1. The van der Waals surface area contributed by atoms with Gasteiger partial charge in [0.15, 0.2) is 0 Å². The van der Waals surface area contributed by atoms with Crippen LogP contribution in [0, 0.1) is 0 Å². The summed E-state index contributed by atoms with van der Waals surface area (Å²) in [6, 6.07) is 22.5. The highest BCUT2D eigenvalue weighted by Gasteiger charge is 2.09. The molecule has 4 aromatic rings. The van der Waals surface area contributed by atoms with Gasteiger partial charge in [-0.3, -0.25) is 0 Å². The van der Waals surface area contributed by atoms with Crippen molar-refractivity contribution in [3.63, 3.8) is 0 Å². The van der Waals surface area contributed by atoms with Gasteiger partial charge in [0, 0.05) is 46.1 Å². The zero-order valence-corrected chi connectivity index (χ0v) is 17.9. The van der Waals surface area contributed by atoms with E-state index in [1.807, 2.05) is 60.0 Å². The average Bonchev–Trinajstić information content (AvgIpc) is 3.30. The number of rotatable bonds is 6. The number of carbonyl (C=O) groups excluding carboxylic acids is 1. The molecule has 6 nitrogen and oxygen atoms in total. The van der Waals surface area contributed by atoms with E-state index in [1.54, 1.807) is 43.8 Å². The Balaban J connectivity index is 1.42. The first-order chi connectivity index (χ1) is 15.1. The Labute approximate surface area is 184 Å². The highest BCUT2D eigenvalue weighted by Crippen LogP contribution is 2.29. The Hall–Kier alpha value is -3.84. The van der Waals surface area contributed by atoms with Gasteiger partial charge in [-0.1, -0.05) is 42.5 Å². The van der Waals surface area contributed by atoms with Crippen LogP contribution in [-0.2, 0) is 0 Å². The molecule has 1 aromatic heterocycles. The minimum absolute atomic E-state index is 0.358. The van der Waals surface area contributed by atoms with Crippen molar-refractivity contribution < 1.29 is 14.3 Å². The van der Waals surface area contributed by atoms with Crippen molar-refractivity contribution in [2.45, 2.75) is 0 Å². The molecule has 2 N–H and O–H groups in total. The van der Waals surface area contributed by atoms with Crippen LogP contribution in [0.2, 0.25) is 0 Å². The monoisotopic (exact) mass is 431 g/mol. The second-order valence-electron chi connectivity index (χ2n) is 6.66. The molecule has 0 spiro atoms. The molecule has 31 heavy (non-hydrogen) atoms. The molecule has 1 heterocycles. The Morgan fingerprint density at radius 2 is 1.45 bits per heavy atom. The van der Waals surface area contributed by atoms with Gasteiger partial charge in [0.1, 0.15) is 16.5 Å². The highest BCUT2D eigenvalue weighted by atomic mass is 32.1. The Kier molecular flexibility index (Phi) is 6.14. The van der Waals surface area contributed by atoms with E-state index in [4.69, 9.17) is 14.5 Å². The number of benzene rings is 3. The summed E-state index contributed by atoms with van der Waals surface area (Å²) in [4.78, 5) is 17.1. The molecule has 156 valence electrons. The number of carbonyl (C=O) groups is 1. The van der Waals surface area contributed by atoms with E-state index in [-0.39, 0.29) is 6.03 Å². The first-order valence-electron chi connectivity index (χ1n) is 9.57. The van der Waals surface area contributed by atoms with Crippen LogP contribution in [0.15, 0.2) is 78.2 Å². The van der Waals surface area contributed by atoms with Gasteiger partial charge in [-0.05, 0) is 12.1 Å². The van der Waals surface area contributed by atoms with Crippen molar-refractivity contribution in [3.05, 3.63) is 78.2 Å². The molecule has 0 aliphatic carbocycles. The SMILES string of the molecule is COc1cc(NC(=O)Nc2ccc(-c3csc(-c4ccccc4)n3)cc2)cc(OC)c1. The summed E-state index contributed by atoms with van der Waals surface area (Å²) in [5.41, 5.74) is 4.24. The van der Waals surface area contributed by atoms with Crippen molar-refractivity contribution in [1.29, 1.82) is 0 Å². The van der Waals surface area contributed by atoms with E-state index in [0.717, 1.165) is 21.8 Å². The molecule has 0 aliphatic rings. The first kappa shape index (κ1) is 20.4. The molecule has 7 heteroatoms. The van der Waals surface area contributed by atoms with E-state index < -0.39 is 0 Å². The van der Waals surface area contributed by atoms with Crippen LogP contribution in [0.5, 0.6) is 11.5 Å². The molecule has 4 rings (SSSR count). The summed E-state index contributed by atoms with van der Waals surface area (Å²) in [6.45, 7) is 0. The van der Waals surface area contributed by atoms with Gasteiger partial charge in [-0.2, -0.15) is 0 Å². The van der Waals surface area contributed by atoms with Crippen LogP contribution >= 0.6 is 11.3 Å². The average molecular weight is 432 g/mol. The molecular weight excluding hydrogens is 410 g/mol. The standard InChI is InChI=1S/C24H21N3O3S/c1-29-20-12-19(13-21(14-20)30-2)26-24(28)25-18-10-8-16(9-11-18)22-15-31-23(27-22)17-6-4-3-5-7-17/h3-15H,1-2H3,(H2,25,26,28). The molecule has 0 bridgehead atoms. The maximum Gasteiger partial charge on any atom is 0.323 e.